The third-order valence-corrected chi connectivity index (χ3v) is 5.82. The van der Waals surface area contributed by atoms with Gasteiger partial charge in [0.05, 0.1) is 24.3 Å². The molecule has 2 aromatic carbocycles. The molecule has 7 heteroatoms. The van der Waals surface area contributed by atoms with Crippen molar-refractivity contribution in [3.05, 3.63) is 69.9 Å². The lowest BCUT2D eigenvalue weighted by Gasteiger charge is -2.36. The zero-order valence-corrected chi connectivity index (χ0v) is 19.8. The summed E-state index contributed by atoms with van der Waals surface area (Å²) in [5.74, 6) is 1.00. The van der Waals surface area contributed by atoms with Crippen molar-refractivity contribution >= 4 is 34.7 Å². The number of ketones is 1. The quantitative estimate of drug-likeness (QED) is 0.413. The molecule has 0 aliphatic carbocycles. The van der Waals surface area contributed by atoms with Crippen LogP contribution < -0.4 is 14.8 Å². The van der Waals surface area contributed by atoms with Crippen LogP contribution in [0.5, 0.6) is 11.5 Å². The van der Waals surface area contributed by atoms with Crippen molar-refractivity contribution in [2.45, 2.75) is 33.2 Å². The van der Waals surface area contributed by atoms with E-state index < -0.39 is 6.04 Å². The third kappa shape index (κ3) is 4.86. The minimum absolute atomic E-state index is 0.0645. The molecule has 1 aliphatic rings. The first-order valence-electron chi connectivity index (χ1n) is 10.3. The summed E-state index contributed by atoms with van der Waals surface area (Å²) in [4.78, 5) is 15.3. The Hall–Kier alpha value is -2.57. The summed E-state index contributed by atoms with van der Waals surface area (Å²) in [7, 11) is 1.85. The van der Waals surface area contributed by atoms with Gasteiger partial charge in [-0.1, -0.05) is 48.9 Å². The molecule has 0 radical (unpaired) electrons. The molecule has 0 fully saturated rings. The number of hydrogen-bond acceptors (Lipinski definition) is 4. The van der Waals surface area contributed by atoms with Crippen molar-refractivity contribution in [3.63, 3.8) is 0 Å². The van der Waals surface area contributed by atoms with Gasteiger partial charge in [-0.2, -0.15) is 0 Å². The molecular weight excluding hydrogens is 432 g/mol. The average Bonchev–Trinajstić information content (AvgIpc) is 2.77. The number of thiocarbonyl (C=S) groups is 1. The van der Waals surface area contributed by atoms with Gasteiger partial charge in [0, 0.05) is 23.9 Å². The molecule has 31 heavy (non-hydrogen) atoms. The highest BCUT2D eigenvalue weighted by atomic mass is 35.5. The van der Waals surface area contributed by atoms with Crippen molar-refractivity contribution < 1.29 is 14.3 Å². The van der Waals surface area contributed by atoms with Crippen LogP contribution in [-0.4, -0.2) is 36.1 Å². The van der Waals surface area contributed by atoms with Crippen LogP contribution in [-0.2, 0) is 0 Å². The molecule has 0 spiro atoms. The number of benzene rings is 2. The number of hydrogen-bond donors (Lipinski definition) is 1. The van der Waals surface area contributed by atoms with E-state index in [1.54, 1.807) is 0 Å². The first kappa shape index (κ1) is 23.1. The Morgan fingerprint density at radius 1 is 1.19 bits per heavy atom. The number of carbonyl (C=O) groups is 1. The fraction of sp³-hybridized carbons (Fsp3) is 0.333. The van der Waals surface area contributed by atoms with Crippen LogP contribution in [0.15, 0.2) is 53.7 Å². The molecule has 0 saturated heterocycles. The Balaban J connectivity index is 2.12. The van der Waals surface area contributed by atoms with Gasteiger partial charge < -0.3 is 19.7 Å². The van der Waals surface area contributed by atoms with Crippen LogP contribution >= 0.6 is 23.8 Å². The summed E-state index contributed by atoms with van der Waals surface area (Å²) in [6.07, 6.45) is 0.853. The number of allylic oxidation sites excluding steroid dienone is 1. The molecule has 0 aromatic heterocycles. The molecule has 0 amide bonds. The third-order valence-electron chi connectivity index (χ3n) is 5.15. The van der Waals surface area contributed by atoms with Crippen LogP contribution in [0, 0.1) is 0 Å². The van der Waals surface area contributed by atoms with Gasteiger partial charge in [0.15, 0.2) is 22.4 Å². The molecule has 1 aliphatic heterocycles. The molecule has 0 bridgehead atoms. The fourth-order valence-electron chi connectivity index (χ4n) is 3.49. The normalized spacial score (nSPS) is 16.2. The number of nitrogens with one attached hydrogen (secondary N) is 1. The van der Waals surface area contributed by atoms with E-state index in [0.29, 0.717) is 46.0 Å². The van der Waals surface area contributed by atoms with Crippen molar-refractivity contribution in [3.8, 4) is 11.5 Å². The number of nitrogens with zero attached hydrogens (tertiary/aromatic N) is 1. The maximum atomic E-state index is 13.5. The van der Waals surface area contributed by atoms with Crippen LogP contribution in [0.3, 0.4) is 0 Å². The van der Waals surface area contributed by atoms with Crippen molar-refractivity contribution in [1.29, 1.82) is 0 Å². The number of ether oxygens (including phenoxy) is 2. The Kier molecular flexibility index (Phi) is 7.57. The monoisotopic (exact) mass is 458 g/mol. The second-order valence-corrected chi connectivity index (χ2v) is 8.04. The predicted octanol–water partition coefficient (Wildman–Crippen LogP) is 5.55. The molecular formula is C24H27ClN2O3S. The summed E-state index contributed by atoms with van der Waals surface area (Å²) < 4.78 is 11.6. The summed E-state index contributed by atoms with van der Waals surface area (Å²) >= 11 is 12.1. The highest BCUT2D eigenvalue weighted by Crippen LogP contribution is 2.41. The molecule has 164 valence electrons. The molecule has 1 unspecified atom stereocenters. The highest BCUT2D eigenvalue weighted by Gasteiger charge is 2.33. The molecule has 1 N–H and O–H groups in total. The van der Waals surface area contributed by atoms with Gasteiger partial charge in [-0.15, -0.1) is 0 Å². The van der Waals surface area contributed by atoms with Crippen LogP contribution in [0.4, 0.5) is 0 Å². The van der Waals surface area contributed by atoms with E-state index in [-0.39, 0.29) is 5.78 Å². The summed E-state index contributed by atoms with van der Waals surface area (Å²) in [5.41, 5.74) is 2.81. The molecule has 1 heterocycles. The molecule has 3 rings (SSSR count). The predicted molar refractivity (Wildman–Crippen MR) is 128 cm³/mol. The van der Waals surface area contributed by atoms with E-state index in [1.807, 2.05) is 75.2 Å². The zero-order chi connectivity index (χ0) is 22.5. The van der Waals surface area contributed by atoms with Gasteiger partial charge in [-0.25, -0.2) is 0 Å². The zero-order valence-electron chi connectivity index (χ0n) is 18.2. The lowest BCUT2D eigenvalue weighted by Crippen LogP contribution is -2.45. The largest absolute Gasteiger partial charge is 0.490 e. The van der Waals surface area contributed by atoms with Gasteiger partial charge in [0.2, 0.25) is 0 Å². The second-order valence-electron chi connectivity index (χ2n) is 7.25. The van der Waals surface area contributed by atoms with Crippen LogP contribution in [0.1, 0.15) is 49.2 Å². The van der Waals surface area contributed by atoms with Crippen molar-refractivity contribution in [2.75, 3.05) is 20.3 Å². The van der Waals surface area contributed by atoms with E-state index in [0.717, 1.165) is 17.7 Å². The fourth-order valence-corrected chi connectivity index (χ4v) is 4.01. The Bertz CT molecular complexity index is 1010. The minimum atomic E-state index is -0.465. The van der Waals surface area contributed by atoms with Gasteiger partial charge in [0.25, 0.3) is 0 Å². The Morgan fingerprint density at radius 3 is 2.55 bits per heavy atom. The molecule has 0 saturated carbocycles. The van der Waals surface area contributed by atoms with E-state index in [1.165, 1.54) is 0 Å². The maximum absolute atomic E-state index is 13.5. The number of carbonyl (C=O) groups excluding carboxylic acids is 1. The number of halogens is 1. The standard InChI is InChI=1S/C24H27ClN2O3S/c1-5-12-30-23-18(25)13-17(14-19(23)29-6-2)21-20(15(3)27(4)24(31)26-21)22(28)16-10-8-7-9-11-16/h7-11,13-14,21H,5-6,12H2,1-4H3,(H,26,31). The van der Waals surface area contributed by atoms with E-state index in [2.05, 4.69) is 5.32 Å². The van der Waals surface area contributed by atoms with E-state index >= 15 is 0 Å². The Labute approximate surface area is 194 Å². The van der Waals surface area contributed by atoms with Gasteiger partial charge in [0.1, 0.15) is 0 Å². The van der Waals surface area contributed by atoms with E-state index in [9.17, 15) is 4.79 Å². The molecule has 2 aromatic rings. The summed E-state index contributed by atoms with van der Waals surface area (Å²) in [6.45, 7) is 6.83. The Morgan fingerprint density at radius 2 is 1.90 bits per heavy atom. The van der Waals surface area contributed by atoms with E-state index in [4.69, 9.17) is 33.3 Å². The van der Waals surface area contributed by atoms with Gasteiger partial charge in [-0.3, -0.25) is 4.79 Å². The number of Topliss-reactive ketones (excluding diaryl/α,β-unsaturated/α-hetero) is 1. The number of rotatable bonds is 8. The van der Waals surface area contributed by atoms with Crippen molar-refractivity contribution in [2.24, 2.45) is 0 Å². The first-order chi connectivity index (χ1) is 14.9. The lowest BCUT2D eigenvalue weighted by molar-refractivity contribution is 0.102. The molecule has 5 nitrogen and oxygen atoms in total. The topological polar surface area (TPSA) is 50.8 Å². The smallest absolute Gasteiger partial charge is 0.193 e. The lowest BCUT2D eigenvalue weighted by atomic mass is 9.89. The van der Waals surface area contributed by atoms with Crippen LogP contribution in [0.2, 0.25) is 5.02 Å². The SMILES string of the molecule is CCCOc1c(Cl)cc(C2NC(=S)N(C)C(C)=C2C(=O)c2ccccc2)cc1OCC. The highest BCUT2D eigenvalue weighted by molar-refractivity contribution is 7.80. The minimum Gasteiger partial charge on any atom is -0.490 e. The molecule has 1 atom stereocenters. The maximum Gasteiger partial charge on any atom is 0.193 e. The average molecular weight is 459 g/mol. The first-order valence-corrected chi connectivity index (χ1v) is 11.1. The summed E-state index contributed by atoms with van der Waals surface area (Å²) in [5, 5.41) is 4.27. The van der Waals surface area contributed by atoms with Gasteiger partial charge in [-0.05, 0) is 50.2 Å². The van der Waals surface area contributed by atoms with Crippen molar-refractivity contribution in [1.82, 2.24) is 10.2 Å². The second kappa shape index (κ2) is 10.2. The van der Waals surface area contributed by atoms with Crippen LogP contribution in [0.25, 0.3) is 0 Å². The summed E-state index contributed by atoms with van der Waals surface area (Å²) in [6, 6.07) is 12.4. The van der Waals surface area contributed by atoms with Gasteiger partial charge >= 0.3 is 0 Å².